The summed E-state index contributed by atoms with van der Waals surface area (Å²) in [6.07, 6.45) is 3.30. The molecule has 0 atom stereocenters. The van der Waals surface area contributed by atoms with E-state index in [2.05, 4.69) is 59.2 Å². The van der Waals surface area contributed by atoms with Crippen molar-refractivity contribution in [2.45, 2.75) is 6.54 Å². The highest BCUT2D eigenvalue weighted by Gasteiger charge is 2.02. The van der Waals surface area contributed by atoms with Crippen molar-refractivity contribution in [3.8, 4) is 0 Å². The van der Waals surface area contributed by atoms with Crippen LogP contribution < -0.4 is 16.4 Å². The standard InChI is InChI=1S/C26H23N3O/c27-23-9-3-4-10-25(23)29-26(30)17-16-19-12-14-20(15-13-19)18-28-24-11-5-7-21-6-1-2-8-22(21)24/h1-17,28H,18,27H2,(H,29,30). The van der Waals surface area contributed by atoms with E-state index in [1.807, 2.05) is 30.3 Å². The Morgan fingerprint density at radius 1 is 0.800 bits per heavy atom. The summed E-state index contributed by atoms with van der Waals surface area (Å²) in [6, 6.07) is 29.9. The van der Waals surface area contributed by atoms with Gasteiger partial charge in [-0.3, -0.25) is 4.79 Å². The van der Waals surface area contributed by atoms with Crippen LogP contribution in [0.25, 0.3) is 16.8 Å². The molecule has 4 nitrogen and oxygen atoms in total. The number of nitrogens with two attached hydrogens (primary N) is 1. The Bertz CT molecular complexity index is 1190. The number of nitrogens with one attached hydrogen (secondary N) is 2. The maximum Gasteiger partial charge on any atom is 0.248 e. The lowest BCUT2D eigenvalue weighted by Crippen LogP contribution is -2.09. The number of amides is 1. The van der Waals surface area contributed by atoms with Gasteiger partial charge >= 0.3 is 0 Å². The minimum Gasteiger partial charge on any atom is -0.397 e. The van der Waals surface area contributed by atoms with Gasteiger partial charge in [-0.05, 0) is 40.8 Å². The van der Waals surface area contributed by atoms with Gasteiger partial charge in [0.05, 0.1) is 11.4 Å². The highest BCUT2D eigenvalue weighted by atomic mass is 16.1. The van der Waals surface area contributed by atoms with E-state index in [0.717, 1.165) is 17.8 Å². The molecule has 0 aromatic heterocycles. The molecule has 4 aromatic rings. The first-order chi connectivity index (χ1) is 14.7. The smallest absolute Gasteiger partial charge is 0.248 e. The van der Waals surface area contributed by atoms with Crippen LogP contribution in [0.2, 0.25) is 0 Å². The normalized spacial score (nSPS) is 10.9. The molecular weight excluding hydrogens is 370 g/mol. The van der Waals surface area contributed by atoms with Gasteiger partial charge in [-0.15, -0.1) is 0 Å². The topological polar surface area (TPSA) is 67.1 Å². The molecule has 4 heteroatoms. The molecule has 0 fully saturated rings. The number of carbonyl (C=O) groups excluding carboxylic acids is 1. The maximum atomic E-state index is 12.1. The van der Waals surface area contributed by atoms with Gasteiger partial charge in [0.2, 0.25) is 5.91 Å². The van der Waals surface area contributed by atoms with Crippen molar-refractivity contribution < 1.29 is 4.79 Å². The third-order valence-corrected chi connectivity index (χ3v) is 4.90. The monoisotopic (exact) mass is 393 g/mol. The average molecular weight is 393 g/mol. The van der Waals surface area contributed by atoms with E-state index in [4.69, 9.17) is 5.73 Å². The maximum absolute atomic E-state index is 12.1. The van der Waals surface area contributed by atoms with Crippen molar-refractivity contribution in [1.29, 1.82) is 0 Å². The van der Waals surface area contributed by atoms with Crippen molar-refractivity contribution in [1.82, 2.24) is 0 Å². The number of benzene rings is 4. The number of anilines is 3. The average Bonchev–Trinajstić information content (AvgIpc) is 2.78. The predicted octanol–water partition coefficient (Wildman–Crippen LogP) is 5.69. The molecule has 4 rings (SSSR count). The molecule has 1 amide bonds. The summed E-state index contributed by atoms with van der Waals surface area (Å²) in [4.78, 5) is 12.1. The molecule has 30 heavy (non-hydrogen) atoms. The van der Waals surface area contributed by atoms with E-state index in [-0.39, 0.29) is 5.91 Å². The summed E-state index contributed by atoms with van der Waals surface area (Å²) in [5, 5.41) is 8.73. The van der Waals surface area contributed by atoms with Gasteiger partial charge in [-0.1, -0.05) is 72.8 Å². The van der Waals surface area contributed by atoms with E-state index in [1.165, 1.54) is 22.4 Å². The molecule has 0 aliphatic heterocycles. The van der Waals surface area contributed by atoms with Crippen LogP contribution in [0.3, 0.4) is 0 Å². The second kappa shape index (κ2) is 8.97. The van der Waals surface area contributed by atoms with Gasteiger partial charge in [0, 0.05) is 23.7 Å². The first-order valence-electron chi connectivity index (χ1n) is 9.83. The van der Waals surface area contributed by atoms with Gasteiger partial charge in [0.1, 0.15) is 0 Å². The largest absolute Gasteiger partial charge is 0.397 e. The second-order valence-electron chi connectivity index (χ2n) is 7.03. The van der Waals surface area contributed by atoms with E-state index in [1.54, 1.807) is 18.2 Å². The SMILES string of the molecule is Nc1ccccc1NC(=O)C=Cc1ccc(CNc2cccc3ccccc23)cc1. The molecule has 0 bridgehead atoms. The molecule has 4 aromatic carbocycles. The lowest BCUT2D eigenvalue weighted by atomic mass is 10.1. The van der Waals surface area contributed by atoms with Crippen LogP contribution in [-0.4, -0.2) is 5.91 Å². The Balaban J connectivity index is 1.36. The quantitative estimate of drug-likeness (QED) is 0.291. The number of hydrogen-bond acceptors (Lipinski definition) is 3. The van der Waals surface area contributed by atoms with Crippen LogP contribution in [0, 0.1) is 0 Å². The molecule has 0 unspecified atom stereocenters. The zero-order chi connectivity index (χ0) is 20.8. The third-order valence-electron chi connectivity index (χ3n) is 4.90. The van der Waals surface area contributed by atoms with Crippen LogP contribution in [0.4, 0.5) is 17.1 Å². The fraction of sp³-hybridized carbons (Fsp3) is 0.0385. The first kappa shape index (κ1) is 19.3. The lowest BCUT2D eigenvalue weighted by Gasteiger charge is -2.10. The highest BCUT2D eigenvalue weighted by Crippen LogP contribution is 2.23. The number of carbonyl (C=O) groups is 1. The summed E-state index contributed by atoms with van der Waals surface area (Å²) in [7, 11) is 0. The van der Waals surface area contributed by atoms with Crippen molar-refractivity contribution in [2.24, 2.45) is 0 Å². The molecule has 0 aliphatic rings. The summed E-state index contributed by atoms with van der Waals surface area (Å²) in [6.45, 7) is 0.728. The number of hydrogen-bond donors (Lipinski definition) is 3. The Morgan fingerprint density at radius 3 is 2.33 bits per heavy atom. The molecule has 0 aliphatic carbocycles. The van der Waals surface area contributed by atoms with Gasteiger partial charge in [0.15, 0.2) is 0 Å². The predicted molar refractivity (Wildman–Crippen MR) is 126 cm³/mol. The zero-order valence-corrected chi connectivity index (χ0v) is 16.5. The second-order valence-corrected chi connectivity index (χ2v) is 7.03. The number of nitrogen functional groups attached to an aromatic ring is 1. The van der Waals surface area contributed by atoms with Crippen molar-refractivity contribution in [2.75, 3.05) is 16.4 Å². The van der Waals surface area contributed by atoms with Crippen LogP contribution >= 0.6 is 0 Å². The number of rotatable bonds is 6. The highest BCUT2D eigenvalue weighted by molar-refractivity contribution is 6.03. The third kappa shape index (κ3) is 4.67. The molecule has 0 spiro atoms. The van der Waals surface area contributed by atoms with Crippen LogP contribution in [-0.2, 0) is 11.3 Å². The molecule has 4 N–H and O–H groups in total. The van der Waals surface area contributed by atoms with E-state index < -0.39 is 0 Å². The minimum absolute atomic E-state index is 0.213. The molecule has 0 heterocycles. The first-order valence-corrected chi connectivity index (χ1v) is 9.83. The van der Waals surface area contributed by atoms with Gasteiger partial charge in [0.25, 0.3) is 0 Å². The van der Waals surface area contributed by atoms with Crippen LogP contribution in [0.15, 0.2) is 97.1 Å². The molecule has 148 valence electrons. The van der Waals surface area contributed by atoms with E-state index in [0.29, 0.717) is 11.4 Å². The van der Waals surface area contributed by atoms with Crippen molar-refractivity contribution >= 4 is 39.8 Å². The summed E-state index contributed by atoms with van der Waals surface area (Å²) >= 11 is 0. The minimum atomic E-state index is -0.213. The van der Waals surface area contributed by atoms with Gasteiger partial charge < -0.3 is 16.4 Å². The molecule has 0 saturated heterocycles. The van der Waals surface area contributed by atoms with Crippen molar-refractivity contribution in [3.05, 3.63) is 108 Å². The molecular formula is C26H23N3O. The molecule has 0 saturated carbocycles. The number of fused-ring (bicyclic) bond motifs is 1. The van der Waals surface area contributed by atoms with Crippen LogP contribution in [0.1, 0.15) is 11.1 Å². The summed E-state index contributed by atoms with van der Waals surface area (Å²) in [5.74, 6) is -0.213. The van der Waals surface area contributed by atoms with Crippen molar-refractivity contribution in [3.63, 3.8) is 0 Å². The molecule has 0 radical (unpaired) electrons. The van der Waals surface area contributed by atoms with Gasteiger partial charge in [-0.25, -0.2) is 0 Å². The van der Waals surface area contributed by atoms with E-state index in [9.17, 15) is 4.79 Å². The zero-order valence-electron chi connectivity index (χ0n) is 16.5. The summed E-state index contributed by atoms with van der Waals surface area (Å²) in [5.41, 5.74) is 10.3. The number of para-hydroxylation sites is 2. The lowest BCUT2D eigenvalue weighted by molar-refractivity contribution is -0.111. The van der Waals surface area contributed by atoms with E-state index >= 15 is 0 Å². The fourth-order valence-electron chi connectivity index (χ4n) is 3.28. The Morgan fingerprint density at radius 2 is 1.50 bits per heavy atom. The Labute approximate surface area is 176 Å². The van der Waals surface area contributed by atoms with Gasteiger partial charge in [-0.2, -0.15) is 0 Å². The van der Waals surface area contributed by atoms with Crippen LogP contribution in [0.5, 0.6) is 0 Å². The Kier molecular flexibility index (Phi) is 5.76. The summed E-state index contributed by atoms with van der Waals surface area (Å²) < 4.78 is 0. The Hall–Kier alpha value is -4.05. The fourth-order valence-corrected chi connectivity index (χ4v) is 3.28.